The quantitative estimate of drug-likeness (QED) is 0.260. The Balaban J connectivity index is -0.000000152. The molecule has 1 aromatic rings. The molecule has 2 aliphatic rings. The maximum atomic E-state index is 3.20. The predicted molar refractivity (Wildman–Crippen MR) is 143 cm³/mol. The first-order valence-corrected chi connectivity index (χ1v) is 16.7. The van der Waals surface area contributed by atoms with Crippen LogP contribution in [0.3, 0.4) is 0 Å². The molecule has 1 aromatic carbocycles. The summed E-state index contributed by atoms with van der Waals surface area (Å²) in [5.41, 5.74) is 0. The second-order valence-corrected chi connectivity index (χ2v) is 19.4. The van der Waals surface area contributed by atoms with Gasteiger partial charge in [-0.05, 0) is 16.1 Å². The van der Waals surface area contributed by atoms with Gasteiger partial charge in [0.15, 0.2) is 0 Å². The molecule has 0 unspecified atom stereocenters. The van der Waals surface area contributed by atoms with Crippen molar-refractivity contribution in [2.45, 2.75) is 52.1 Å². The Morgan fingerprint density at radius 2 is 1.07 bits per heavy atom. The van der Waals surface area contributed by atoms with Crippen LogP contribution in [-0.4, -0.2) is 26.4 Å². The van der Waals surface area contributed by atoms with Crippen LogP contribution in [0.4, 0.5) is 0 Å². The van der Waals surface area contributed by atoms with Gasteiger partial charge in [-0.2, -0.15) is 12.2 Å². The van der Waals surface area contributed by atoms with Crippen molar-refractivity contribution in [3.8, 4) is 0 Å². The maximum Gasteiger partial charge on any atom is 0.0477 e. The molecule has 0 bridgehead atoms. The average molecular weight is 648 g/mol. The van der Waals surface area contributed by atoms with Crippen molar-refractivity contribution >= 4 is 56.4 Å². The van der Waals surface area contributed by atoms with Crippen LogP contribution in [0.2, 0.25) is 39.3 Å². The molecular weight excluding hydrogens is 610 g/mol. The van der Waals surface area contributed by atoms with Crippen molar-refractivity contribution in [3.63, 3.8) is 0 Å². The van der Waals surface area contributed by atoms with E-state index in [1.54, 1.807) is 10.4 Å². The van der Waals surface area contributed by atoms with E-state index < -0.39 is 16.1 Å². The molecule has 0 spiro atoms. The van der Waals surface area contributed by atoms with Crippen molar-refractivity contribution < 1.29 is 25.8 Å². The monoisotopic (exact) mass is 648 g/mol. The summed E-state index contributed by atoms with van der Waals surface area (Å²) in [6.07, 6.45) is 17.4. The number of allylic oxidation sites excluding steroid dienone is 8. The molecule has 0 N–H and O–H groups in total. The number of hydrogen-bond donors (Lipinski definition) is 0. The first-order chi connectivity index (χ1) is 11.6. The molecule has 0 heterocycles. The van der Waals surface area contributed by atoms with E-state index >= 15 is 0 Å². The number of hydrogen-bond acceptors (Lipinski definition) is 0. The Morgan fingerprint density at radius 1 is 0.724 bits per heavy atom. The smallest absolute Gasteiger partial charge is 0.0477 e. The van der Waals surface area contributed by atoms with Crippen LogP contribution in [0.5, 0.6) is 0 Å². The number of halogens is 2. The summed E-state index contributed by atoms with van der Waals surface area (Å²) in [5, 5.41) is 4.47. The molecule has 0 saturated carbocycles. The first-order valence-electron chi connectivity index (χ1n) is 9.02. The summed E-state index contributed by atoms with van der Waals surface area (Å²) < 4.78 is 0. The van der Waals surface area contributed by atoms with Crippen molar-refractivity contribution in [1.82, 2.24) is 0 Å². The molecule has 0 nitrogen and oxygen atoms in total. The molecule has 0 fully saturated rings. The predicted octanol–water partition coefficient (Wildman–Crippen LogP) is 6.34. The van der Waals surface area contributed by atoms with Crippen LogP contribution in [0, 0.1) is 19.6 Å². The van der Waals surface area contributed by atoms with Gasteiger partial charge in [0, 0.05) is 36.1 Å². The molecule has 1 radical (unpaired) electrons. The Labute approximate surface area is 217 Å². The standard InChI is InChI=1S/2C8H13Si.C6H7Si.CH3.2ClH.Hf/c2*1-9(2,3)8-6-4-5-7-8;7-6-4-2-1-3-5-6;;;;/h2*6-7H,4H2,1-3H3;1-5H,7H2;1H3;2*1H;/q2*-1;;-1;;;. The minimum Gasteiger partial charge on any atom is -0.358 e. The zero-order chi connectivity index (χ0) is 18.9. The molecular formula is C23H38Cl2HfSi3-3. The van der Waals surface area contributed by atoms with Gasteiger partial charge < -0.3 is 7.43 Å². The van der Waals surface area contributed by atoms with Gasteiger partial charge in [0.2, 0.25) is 0 Å². The van der Waals surface area contributed by atoms with E-state index in [0.717, 1.165) is 12.8 Å². The van der Waals surface area contributed by atoms with E-state index in [4.69, 9.17) is 0 Å². The van der Waals surface area contributed by atoms with Gasteiger partial charge in [0.05, 0.1) is 0 Å². The minimum absolute atomic E-state index is 0. The molecule has 6 heteroatoms. The van der Waals surface area contributed by atoms with E-state index in [2.05, 4.69) is 87.9 Å². The van der Waals surface area contributed by atoms with Crippen LogP contribution in [0.1, 0.15) is 12.8 Å². The largest absolute Gasteiger partial charge is 0.358 e. The second-order valence-electron chi connectivity index (χ2n) is 8.41. The maximum absolute atomic E-state index is 3.20. The summed E-state index contributed by atoms with van der Waals surface area (Å²) in [5.74, 6) is 0. The van der Waals surface area contributed by atoms with Gasteiger partial charge in [-0.3, -0.25) is 12.2 Å². The molecule has 0 saturated heterocycles. The first kappa shape index (κ1) is 36.6. The van der Waals surface area contributed by atoms with Gasteiger partial charge in [0.1, 0.15) is 0 Å². The van der Waals surface area contributed by atoms with Gasteiger partial charge in [-0.1, -0.05) is 74.8 Å². The third kappa shape index (κ3) is 16.6. The Kier molecular flexibility index (Phi) is 22.6. The molecule has 163 valence electrons. The van der Waals surface area contributed by atoms with Crippen LogP contribution >= 0.6 is 24.8 Å². The van der Waals surface area contributed by atoms with Gasteiger partial charge >= 0.3 is 0 Å². The summed E-state index contributed by atoms with van der Waals surface area (Å²) in [6, 6.07) is 10.3. The minimum atomic E-state index is -0.981. The number of rotatable bonds is 2. The van der Waals surface area contributed by atoms with Crippen molar-refractivity contribution in [3.05, 3.63) is 84.6 Å². The molecule has 29 heavy (non-hydrogen) atoms. The molecule has 0 aromatic heterocycles. The van der Waals surface area contributed by atoms with Crippen molar-refractivity contribution in [1.29, 1.82) is 0 Å². The SMILES string of the molecule is C[Si](C)(C)C1=CC[C-]=C1.C[Si](C)(C)C1=CC[C-]=C1.Cl.Cl.[CH3-].[Hf].[SiH2]c1ccccc1. The molecule has 3 rings (SSSR count). The van der Waals surface area contributed by atoms with E-state index in [0.29, 0.717) is 0 Å². The summed E-state index contributed by atoms with van der Waals surface area (Å²) in [6.45, 7) is 14.2. The van der Waals surface area contributed by atoms with E-state index in [1.165, 1.54) is 5.19 Å². The van der Waals surface area contributed by atoms with Crippen LogP contribution < -0.4 is 5.19 Å². The van der Waals surface area contributed by atoms with E-state index in [9.17, 15) is 0 Å². The fourth-order valence-corrected chi connectivity index (χ4v) is 5.09. The summed E-state index contributed by atoms with van der Waals surface area (Å²) in [4.78, 5) is 0. The Hall–Kier alpha value is 0.281. The molecule has 2 aliphatic carbocycles. The Bertz CT molecular complexity index is 613. The molecule has 0 amide bonds. The van der Waals surface area contributed by atoms with E-state index in [-0.39, 0.29) is 58.1 Å². The van der Waals surface area contributed by atoms with Crippen LogP contribution in [-0.2, 0) is 25.8 Å². The molecule has 0 aliphatic heterocycles. The average Bonchev–Trinajstić information content (AvgIpc) is 3.22. The summed E-state index contributed by atoms with van der Waals surface area (Å²) in [7, 11) is -0.0608. The van der Waals surface area contributed by atoms with Crippen LogP contribution in [0.15, 0.2) is 65.0 Å². The summed E-state index contributed by atoms with van der Waals surface area (Å²) >= 11 is 0. The zero-order valence-electron chi connectivity index (χ0n) is 19.1. The third-order valence-corrected chi connectivity index (χ3v) is 8.60. The van der Waals surface area contributed by atoms with Gasteiger partial charge in [-0.15, -0.1) is 37.7 Å². The topological polar surface area (TPSA) is 0 Å². The van der Waals surface area contributed by atoms with Crippen molar-refractivity contribution in [2.75, 3.05) is 0 Å². The third-order valence-electron chi connectivity index (χ3n) is 3.97. The zero-order valence-corrected chi connectivity index (χ0v) is 27.8. The second kappa shape index (κ2) is 17.9. The molecule has 0 atom stereocenters. The Morgan fingerprint density at radius 3 is 1.21 bits per heavy atom. The fraction of sp³-hybridized carbons (Fsp3) is 0.348. The van der Waals surface area contributed by atoms with E-state index in [1.807, 2.05) is 28.4 Å². The fourth-order valence-electron chi connectivity index (χ4n) is 2.32. The van der Waals surface area contributed by atoms with Gasteiger partial charge in [-0.25, -0.2) is 22.5 Å². The van der Waals surface area contributed by atoms with Gasteiger partial charge in [0.25, 0.3) is 0 Å². The van der Waals surface area contributed by atoms with Crippen LogP contribution in [0.25, 0.3) is 0 Å². The van der Waals surface area contributed by atoms with Crippen molar-refractivity contribution in [2.24, 2.45) is 0 Å². The number of benzene rings is 1. The normalized spacial score (nSPS) is 13.5.